The van der Waals surface area contributed by atoms with Crippen molar-refractivity contribution in [1.29, 1.82) is 0 Å². The average Bonchev–Trinajstić information content (AvgIpc) is 3.08. The number of alkyl halides is 1. The quantitative estimate of drug-likeness (QED) is 0.0330. The maximum absolute atomic E-state index is 12.9. The van der Waals surface area contributed by atoms with Gasteiger partial charge in [0, 0.05) is 63.4 Å². The molecule has 0 saturated heterocycles. The Morgan fingerprint density at radius 3 is 2.18 bits per heavy atom. The molecule has 2 unspecified atom stereocenters. The van der Waals surface area contributed by atoms with Gasteiger partial charge in [0.1, 0.15) is 24.4 Å². The van der Waals surface area contributed by atoms with Gasteiger partial charge in [-0.1, -0.05) is 49.4 Å². The van der Waals surface area contributed by atoms with Crippen LogP contribution in [0.4, 0.5) is 10.1 Å². The molecule has 0 spiro atoms. The van der Waals surface area contributed by atoms with Crippen molar-refractivity contribution < 1.29 is 23.5 Å². The van der Waals surface area contributed by atoms with Crippen LogP contribution < -0.4 is 5.32 Å². The van der Waals surface area contributed by atoms with Gasteiger partial charge in [0.15, 0.2) is 5.78 Å². The summed E-state index contributed by atoms with van der Waals surface area (Å²) in [6.07, 6.45) is 11.8. The van der Waals surface area contributed by atoms with E-state index in [-0.39, 0.29) is 25.2 Å². The van der Waals surface area contributed by atoms with Gasteiger partial charge in [0.2, 0.25) is 0 Å². The number of unbranched alkanes of at least 4 members (excludes halogenated alkanes) is 2. The van der Waals surface area contributed by atoms with E-state index in [1.54, 1.807) is 0 Å². The SMILES string of the molecule is C.C/C=C\N(C)C(Nc1ccc(C(=O)CCCCOCCCCC(=O)CCC=O)c(C)c1)C(C)=N/C=C(\C)c1ccc(C)cc1.C=CC(C)F. The smallest absolute Gasteiger partial charge is 0.163 e. The fraction of sp³-hybridized carbons (Fsp3) is 0.476. The predicted molar refractivity (Wildman–Crippen MR) is 210 cm³/mol. The van der Waals surface area contributed by atoms with Crippen LogP contribution in [-0.4, -0.2) is 61.1 Å². The van der Waals surface area contributed by atoms with Crippen LogP contribution in [0, 0.1) is 13.8 Å². The van der Waals surface area contributed by atoms with Gasteiger partial charge in [0.25, 0.3) is 0 Å². The molecule has 0 aliphatic carbocycles. The fourth-order valence-electron chi connectivity index (χ4n) is 4.80. The summed E-state index contributed by atoms with van der Waals surface area (Å²) in [4.78, 5) is 41.7. The number of ether oxygens (including phenoxy) is 1. The van der Waals surface area contributed by atoms with Crippen LogP contribution in [0.3, 0.4) is 0 Å². The van der Waals surface area contributed by atoms with Crippen molar-refractivity contribution in [2.75, 3.05) is 25.6 Å². The minimum absolute atomic E-state index is 0. The summed E-state index contributed by atoms with van der Waals surface area (Å²) in [6.45, 7) is 16.0. The van der Waals surface area contributed by atoms with Crippen LogP contribution in [0.5, 0.6) is 0 Å². The van der Waals surface area contributed by atoms with Crippen molar-refractivity contribution >= 4 is 34.8 Å². The van der Waals surface area contributed by atoms with Gasteiger partial charge in [-0.25, -0.2) is 4.39 Å². The normalized spacial score (nSPS) is 12.6. The molecular weight excluding hydrogens is 629 g/mol. The second kappa shape index (κ2) is 26.7. The summed E-state index contributed by atoms with van der Waals surface area (Å²) >= 11 is 0. The Hall–Kier alpha value is -4.17. The molecule has 0 bridgehead atoms. The Bertz CT molecular complexity index is 1400. The number of aldehydes is 1. The van der Waals surface area contributed by atoms with E-state index in [0.717, 1.165) is 65.6 Å². The lowest BCUT2D eigenvalue weighted by atomic mass is 10.00. The van der Waals surface area contributed by atoms with Gasteiger partial charge in [-0.15, -0.1) is 6.58 Å². The number of Topliss-reactive ketones (excluding diaryl/α,β-unsaturated/α-hetero) is 2. The first-order valence-corrected chi connectivity index (χ1v) is 17.3. The maximum Gasteiger partial charge on any atom is 0.163 e. The lowest BCUT2D eigenvalue weighted by Gasteiger charge is -2.29. The zero-order valence-electron chi connectivity index (χ0n) is 30.8. The summed E-state index contributed by atoms with van der Waals surface area (Å²) in [6, 6.07) is 14.3. The number of ketones is 2. The molecule has 2 aromatic rings. The van der Waals surface area contributed by atoms with Gasteiger partial charge < -0.3 is 19.7 Å². The molecule has 0 aliphatic rings. The Labute approximate surface area is 301 Å². The molecule has 7 nitrogen and oxygen atoms in total. The first-order valence-electron chi connectivity index (χ1n) is 17.3. The minimum Gasteiger partial charge on any atom is -0.381 e. The molecule has 0 radical (unpaired) electrons. The number of carbonyl (C=O) groups excluding carboxylic acids is 3. The van der Waals surface area contributed by atoms with Crippen molar-refractivity contribution in [2.24, 2.45) is 4.99 Å². The topological polar surface area (TPSA) is 88.1 Å². The lowest BCUT2D eigenvalue weighted by molar-refractivity contribution is -0.120. The van der Waals surface area contributed by atoms with E-state index < -0.39 is 6.17 Å². The summed E-state index contributed by atoms with van der Waals surface area (Å²) in [7, 11) is 2.01. The highest BCUT2D eigenvalue weighted by molar-refractivity contribution is 5.98. The van der Waals surface area contributed by atoms with Crippen molar-refractivity contribution in [1.82, 2.24) is 4.90 Å². The summed E-state index contributed by atoms with van der Waals surface area (Å²) in [5, 5.41) is 3.59. The van der Waals surface area contributed by atoms with Crippen LogP contribution in [0.1, 0.15) is 114 Å². The summed E-state index contributed by atoms with van der Waals surface area (Å²) in [5.41, 5.74) is 7.00. The minimum atomic E-state index is -0.852. The third-order valence-corrected chi connectivity index (χ3v) is 7.79. The number of nitrogens with zero attached hydrogens (tertiary/aromatic N) is 2. The lowest BCUT2D eigenvalue weighted by Crippen LogP contribution is -2.40. The van der Waals surface area contributed by atoms with Crippen molar-refractivity contribution in [3.8, 4) is 0 Å². The summed E-state index contributed by atoms with van der Waals surface area (Å²) in [5.74, 6) is 0.275. The zero-order valence-corrected chi connectivity index (χ0v) is 30.8. The molecule has 1 N–H and O–H groups in total. The molecular formula is C42H62FN3O4. The number of rotatable bonds is 22. The highest BCUT2D eigenvalue weighted by Crippen LogP contribution is 2.20. The number of hydrogen-bond acceptors (Lipinski definition) is 7. The Kier molecular flexibility index (Phi) is 24.4. The van der Waals surface area contributed by atoms with Gasteiger partial charge in [-0.3, -0.25) is 14.6 Å². The van der Waals surface area contributed by atoms with Crippen LogP contribution in [-0.2, 0) is 14.3 Å². The third kappa shape index (κ3) is 19.1. The number of aliphatic imine (C=N–C) groups is 1. The Balaban J connectivity index is 0.00000372. The van der Waals surface area contributed by atoms with Crippen molar-refractivity contribution in [3.63, 3.8) is 0 Å². The highest BCUT2D eigenvalue weighted by Gasteiger charge is 2.17. The fourth-order valence-corrected chi connectivity index (χ4v) is 4.80. The highest BCUT2D eigenvalue weighted by atomic mass is 19.1. The zero-order chi connectivity index (χ0) is 36.6. The van der Waals surface area contributed by atoms with E-state index in [1.807, 2.05) is 64.5 Å². The molecule has 2 atom stereocenters. The molecule has 0 aromatic heterocycles. The largest absolute Gasteiger partial charge is 0.381 e. The molecule has 0 aliphatic heterocycles. The van der Waals surface area contributed by atoms with Crippen molar-refractivity contribution in [2.45, 2.75) is 113 Å². The van der Waals surface area contributed by atoms with Crippen LogP contribution in [0.2, 0.25) is 0 Å². The van der Waals surface area contributed by atoms with Gasteiger partial charge >= 0.3 is 0 Å². The van der Waals surface area contributed by atoms with E-state index in [9.17, 15) is 18.8 Å². The molecule has 276 valence electrons. The number of aryl methyl sites for hydroxylation is 2. The number of halogens is 1. The Morgan fingerprint density at radius 1 is 1.00 bits per heavy atom. The van der Waals surface area contributed by atoms with Gasteiger partial charge in [-0.05, 0) is 108 Å². The molecule has 0 saturated carbocycles. The Morgan fingerprint density at radius 2 is 1.62 bits per heavy atom. The van der Waals surface area contributed by atoms with Crippen molar-refractivity contribution in [3.05, 3.63) is 95.8 Å². The second-order valence-electron chi connectivity index (χ2n) is 12.3. The number of carbonyl (C=O) groups is 3. The molecule has 2 aromatic carbocycles. The first kappa shape index (κ1) is 45.8. The predicted octanol–water partition coefficient (Wildman–Crippen LogP) is 10.3. The van der Waals surface area contributed by atoms with E-state index in [2.05, 4.69) is 54.9 Å². The van der Waals surface area contributed by atoms with Crippen LogP contribution in [0.25, 0.3) is 5.57 Å². The van der Waals surface area contributed by atoms with Crippen LogP contribution >= 0.6 is 0 Å². The second-order valence-corrected chi connectivity index (χ2v) is 12.3. The molecule has 50 heavy (non-hydrogen) atoms. The average molecular weight is 692 g/mol. The number of hydrogen-bond donors (Lipinski definition) is 1. The van der Waals surface area contributed by atoms with E-state index >= 15 is 0 Å². The van der Waals surface area contributed by atoms with Gasteiger partial charge in [0.05, 0.1) is 5.71 Å². The molecule has 0 amide bonds. The van der Waals surface area contributed by atoms with Crippen LogP contribution in [0.15, 0.2) is 78.6 Å². The van der Waals surface area contributed by atoms with Gasteiger partial charge in [-0.2, -0.15) is 0 Å². The van der Waals surface area contributed by atoms with E-state index in [4.69, 9.17) is 9.73 Å². The van der Waals surface area contributed by atoms with E-state index in [0.29, 0.717) is 38.9 Å². The number of anilines is 1. The third-order valence-electron chi connectivity index (χ3n) is 7.79. The molecule has 0 heterocycles. The number of nitrogens with one attached hydrogen (secondary N) is 1. The number of benzene rings is 2. The van der Waals surface area contributed by atoms with E-state index in [1.165, 1.54) is 18.6 Å². The maximum atomic E-state index is 12.9. The monoisotopic (exact) mass is 691 g/mol. The first-order chi connectivity index (χ1) is 23.4. The standard InChI is InChI=1S/C37H51N3O4.C4H7F.CH4/c1-7-22-40(6)37(31(5)38-27-30(4)32-18-16-28(2)17-19-32)39-33-20-21-35(29(3)26-33)36(43)15-9-11-25-44-24-10-8-13-34(42)14-12-23-41;1-3-4(2)5;/h7,16-23,26-27,37,39H,8-15,24-25H2,1-6H3;3-4H,1H2,2H3;1H4/b22-7-,30-27+,38-31?;;. The molecule has 8 heteroatoms. The molecule has 2 rings (SSSR count). The number of allylic oxidation sites excluding steroid dienone is 3. The molecule has 0 fully saturated rings. The summed E-state index contributed by atoms with van der Waals surface area (Å²) < 4.78 is 17.0.